The molecule has 3 aromatic rings. The molecule has 0 amide bonds. The average Bonchev–Trinajstić information content (AvgIpc) is 3.05. The summed E-state index contributed by atoms with van der Waals surface area (Å²) in [6.45, 7) is 0. The smallest absolute Gasteiger partial charge is 0.338 e. The van der Waals surface area contributed by atoms with Crippen LogP contribution < -0.4 is 9.47 Å². The van der Waals surface area contributed by atoms with Crippen LogP contribution in [0, 0.1) is 0 Å². The molecule has 26 heavy (non-hydrogen) atoms. The molecule has 1 aliphatic rings. The summed E-state index contributed by atoms with van der Waals surface area (Å²) in [5.41, 5.74) is 4.41. The quantitative estimate of drug-likeness (QED) is 0.484. The van der Waals surface area contributed by atoms with Crippen molar-refractivity contribution < 1.29 is 19.0 Å². The molecule has 0 aliphatic heterocycles. The van der Waals surface area contributed by atoms with Gasteiger partial charge in [0, 0.05) is 16.3 Å². The lowest BCUT2D eigenvalue weighted by molar-refractivity contribution is 0.0602. The predicted molar refractivity (Wildman–Crippen MR) is 102 cm³/mol. The average molecular weight is 369 g/mol. The number of methoxy groups -OCH3 is 3. The van der Waals surface area contributed by atoms with Gasteiger partial charge in [0.2, 0.25) is 0 Å². The lowest BCUT2D eigenvalue weighted by atomic mass is 9.93. The molecule has 1 aliphatic carbocycles. The maximum atomic E-state index is 12.6. The zero-order valence-electron chi connectivity index (χ0n) is 14.7. The molecular formula is C21H17ClO4. The van der Waals surface area contributed by atoms with Crippen molar-refractivity contribution in [3.8, 4) is 22.6 Å². The molecule has 4 rings (SSSR count). The molecule has 3 aromatic carbocycles. The van der Waals surface area contributed by atoms with E-state index >= 15 is 0 Å². The summed E-state index contributed by atoms with van der Waals surface area (Å²) in [7, 11) is 4.62. The molecule has 0 aromatic heterocycles. The van der Waals surface area contributed by atoms with Gasteiger partial charge in [-0.15, -0.1) is 0 Å². The van der Waals surface area contributed by atoms with Crippen LogP contribution in [0.15, 0.2) is 36.4 Å². The number of ether oxygens (including phenoxy) is 3. The van der Waals surface area contributed by atoms with E-state index in [1.807, 2.05) is 36.4 Å². The number of hydrogen-bond donors (Lipinski definition) is 0. The Morgan fingerprint density at radius 1 is 0.962 bits per heavy atom. The van der Waals surface area contributed by atoms with Crippen LogP contribution >= 0.6 is 11.6 Å². The third kappa shape index (κ3) is 2.33. The Morgan fingerprint density at radius 2 is 1.65 bits per heavy atom. The fraction of sp³-hybridized carbons (Fsp3) is 0.190. The Kier molecular flexibility index (Phi) is 4.00. The molecule has 4 nitrogen and oxygen atoms in total. The van der Waals surface area contributed by atoms with E-state index in [1.165, 1.54) is 7.11 Å². The first-order chi connectivity index (χ1) is 12.6. The molecule has 132 valence electrons. The Labute approximate surface area is 156 Å². The van der Waals surface area contributed by atoms with Gasteiger partial charge in [-0.05, 0) is 53.4 Å². The van der Waals surface area contributed by atoms with E-state index in [1.54, 1.807) is 14.2 Å². The fourth-order valence-corrected chi connectivity index (χ4v) is 4.05. The van der Waals surface area contributed by atoms with Crippen molar-refractivity contribution in [1.29, 1.82) is 0 Å². The van der Waals surface area contributed by atoms with Crippen molar-refractivity contribution in [3.05, 3.63) is 58.1 Å². The second-order valence-electron chi connectivity index (χ2n) is 6.15. The molecule has 0 bridgehead atoms. The fourth-order valence-electron chi connectivity index (χ4n) is 3.67. The van der Waals surface area contributed by atoms with E-state index in [-0.39, 0.29) is 5.97 Å². The van der Waals surface area contributed by atoms with E-state index in [2.05, 4.69) is 0 Å². The number of fused-ring (bicyclic) bond motifs is 4. The molecule has 0 spiro atoms. The molecular weight excluding hydrogens is 352 g/mol. The first-order valence-corrected chi connectivity index (χ1v) is 8.54. The van der Waals surface area contributed by atoms with Gasteiger partial charge < -0.3 is 14.2 Å². The maximum absolute atomic E-state index is 12.6. The molecule has 0 atom stereocenters. The Hall–Kier alpha value is -2.72. The van der Waals surface area contributed by atoms with Crippen molar-refractivity contribution in [3.63, 3.8) is 0 Å². The van der Waals surface area contributed by atoms with Crippen LogP contribution in [-0.4, -0.2) is 27.3 Å². The number of esters is 1. The van der Waals surface area contributed by atoms with Gasteiger partial charge in [0.1, 0.15) is 11.5 Å². The molecule has 0 radical (unpaired) electrons. The number of halogens is 1. The standard InChI is InChI=1S/C21H17ClO4/c1-24-12-4-6-14-11(8-12)9-17-18(14)20(22)15-7-5-13(25-2)10-16(15)19(17)21(23)26-3/h4-8,10H,9H2,1-3H3. The van der Waals surface area contributed by atoms with Gasteiger partial charge in [0.25, 0.3) is 0 Å². The minimum Gasteiger partial charge on any atom is -0.497 e. The molecule has 5 heteroatoms. The second-order valence-corrected chi connectivity index (χ2v) is 6.52. The molecule has 0 N–H and O–H groups in total. The number of carbonyl (C=O) groups is 1. The van der Waals surface area contributed by atoms with Crippen molar-refractivity contribution in [2.24, 2.45) is 0 Å². The Bertz CT molecular complexity index is 1060. The molecule has 0 saturated carbocycles. The summed E-state index contributed by atoms with van der Waals surface area (Å²) in [4.78, 5) is 12.6. The van der Waals surface area contributed by atoms with Gasteiger partial charge in [-0.3, -0.25) is 0 Å². The lowest BCUT2D eigenvalue weighted by Gasteiger charge is -2.15. The van der Waals surface area contributed by atoms with Crippen molar-refractivity contribution >= 4 is 28.3 Å². The van der Waals surface area contributed by atoms with Crippen LogP contribution in [-0.2, 0) is 11.2 Å². The first-order valence-electron chi connectivity index (χ1n) is 8.16. The topological polar surface area (TPSA) is 44.8 Å². The zero-order chi connectivity index (χ0) is 18.4. The van der Waals surface area contributed by atoms with Crippen LogP contribution in [0.25, 0.3) is 21.9 Å². The van der Waals surface area contributed by atoms with Gasteiger partial charge in [-0.1, -0.05) is 17.7 Å². The summed E-state index contributed by atoms with van der Waals surface area (Å²) >= 11 is 6.78. The molecule has 0 saturated heterocycles. The number of benzene rings is 3. The van der Waals surface area contributed by atoms with Crippen LogP contribution in [0.4, 0.5) is 0 Å². The summed E-state index contributed by atoms with van der Waals surface area (Å²) < 4.78 is 15.7. The third-order valence-electron chi connectivity index (χ3n) is 4.89. The number of hydrogen-bond acceptors (Lipinski definition) is 4. The molecule has 0 fully saturated rings. The predicted octanol–water partition coefficient (Wildman–Crippen LogP) is 4.87. The van der Waals surface area contributed by atoms with Crippen molar-refractivity contribution in [2.75, 3.05) is 21.3 Å². The number of carbonyl (C=O) groups excluding carboxylic acids is 1. The SMILES string of the molecule is COC(=O)c1c2c(c(Cl)c3ccc(OC)cc13)-c1ccc(OC)cc1C2. The number of rotatable bonds is 3. The van der Waals surface area contributed by atoms with Crippen molar-refractivity contribution in [2.45, 2.75) is 6.42 Å². The monoisotopic (exact) mass is 368 g/mol. The minimum absolute atomic E-state index is 0.379. The van der Waals surface area contributed by atoms with Gasteiger partial charge >= 0.3 is 5.97 Å². The zero-order valence-corrected chi connectivity index (χ0v) is 15.4. The van der Waals surface area contributed by atoms with Gasteiger partial charge in [0.15, 0.2) is 0 Å². The summed E-state index contributed by atoms with van der Waals surface area (Å²) in [5, 5.41) is 2.17. The minimum atomic E-state index is -0.379. The molecule has 0 heterocycles. The summed E-state index contributed by atoms with van der Waals surface area (Å²) in [6.07, 6.45) is 0.596. The van der Waals surface area contributed by atoms with Crippen LogP contribution in [0.1, 0.15) is 21.5 Å². The Balaban J connectivity index is 2.09. The second kappa shape index (κ2) is 6.22. The largest absolute Gasteiger partial charge is 0.497 e. The van der Waals surface area contributed by atoms with Gasteiger partial charge in [-0.25, -0.2) is 4.79 Å². The van der Waals surface area contributed by atoms with Crippen LogP contribution in [0.2, 0.25) is 5.02 Å². The highest BCUT2D eigenvalue weighted by molar-refractivity contribution is 6.39. The van der Waals surface area contributed by atoms with Crippen LogP contribution in [0.5, 0.6) is 11.5 Å². The highest BCUT2D eigenvalue weighted by Gasteiger charge is 2.30. The highest BCUT2D eigenvalue weighted by Crippen LogP contribution is 2.48. The van der Waals surface area contributed by atoms with Crippen LogP contribution in [0.3, 0.4) is 0 Å². The maximum Gasteiger partial charge on any atom is 0.338 e. The molecule has 0 unspecified atom stereocenters. The van der Waals surface area contributed by atoms with E-state index < -0.39 is 0 Å². The lowest BCUT2D eigenvalue weighted by Crippen LogP contribution is -2.07. The third-order valence-corrected chi connectivity index (χ3v) is 5.29. The van der Waals surface area contributed by atoms with Gasteiger partial charge in [-0.2, -0.15) is 0 Å². The van der Waals surface area contributed by atoms with Gasteiger partial charge in [0.05, 0.1) is 31.9 Å². The highest BCUT2D eigenvalue weighted by atomic mass is 35.5. The van der Waals surface area contributed by atoms with E-state index in [9.17, 15) is 4.79 Å². The Morgan fingerprint density at radius 3 is 2.35 bits per heavy atom. The normalized spacial score (nSPS) is 11.8. The van der Waals surface area contributed by atoms with Crippen molar-refractivity contribution in [1.82, 2.24) is 0 Å². The summed E-state index contributed by atoms with van der Waals surface area (Å²) in [5.74, 6) is 1.06. The summed E-state index contributed by atoms with van der Waals surface area (Å²) in [6, 6.07) is 11.4. The van der Waals surface area contributed by atoms with E-state index in [4.69, 9.17) is 25.8 Å². The van der Waals surface area contributed by atoms with E-state index in [0.29, 0.717) is 22.8 Å². The first kappa shape index (κ1) is 16.7. The van der Waals surface area contributed by atoms with E-state index in [0.717, 1.165) is 38.8 Å².